The van der Waals surface area contributed by atoms with E-state index in [1.807, 2.05) is 25.2 Å². The van der Waals surface area contributed by atoms with Crippen LogP contribution in [0.25, 0.3) is 5.78 Å². The van der Waals surface area contributed by atoms with Gasteiger partial charge >= 0.3 is 6.18 Å². The van der Waals surface area contributed by atoms with Crippen molar-refractivity contribution in [2.24, 2.45) is 5.92 Å². The summed E-state index contributed by atoms with van der Waals surface area (Å²) in [6, 6.07) is 5.19. The van der Waals surface area contributed by atoms with Crippen molar-refractivity contribution in [1.82, 2.24) is 24.5 Å². The molecule has 0 bridgehead atoms. The molecule has 10 heteroatoms. The van der Waals surface area contributed by atoms with Crippen molar-refractivity contribution in [3.63, 3.8) is 0 Å². The second kappa shape index (κ2) is 8.40. The number of alkyl halides is 3. The molecular weight excluding hydrogens is 421 g/mol. The summed E-state index contributed by atoms with van der Waals surface area (Å²) in [5.41, 5.74) is 1.54. The molecule has 5 rings (SSSR count). The number of hydrogen-bond donors (Lipinski definition) is 1. The van der Waals surface area contributed by atoms with Gasteiger partial charge in [-0.2, -0.15) is 18.2 Å². The van der Waals surface area contributed by atoms with Crippen LogP contribution in [0.4, 0.5) is 19.0 Å². The van der Waals surface area contributed by atoms with Gasteiger partial charge in [-0.05, 0) is 37.5 Å². The van der Waals surface area contributed by atoms with Gasteiger partial charge in [0.25, 0.3) is 5.78 Å². The van der Waals surface area contributed by atoms with Gasteiger partial charge in [0.1, 0.15) is 11.6 Å². The van der Waals surface area contributed by atoms with Crippen LogP contribution < -0.4 is 5.32 Å². The van der Waals surface area contributed by atoms with Crippen LogP contribution in [0.5, 0.6) is 0 Å². The summed E-state index contributed by atoms with van der Waals surface area (Å²) in [5, 5.41) is 11.3. The summed E-state index contributed by atoms with van der Waals surface area (Å²) in [6.45, 7) is 6.85. The van der Waals surface area contributed by atoms with Gasteiger partial charge in [-0.15, -0.1) is 10.2 Å². The number of amides is 1. The number of carbonyl (C=O) groups is 1. The van der Waals surface area contributed by atoms with E-state index in [9.17, 15) is 18.0 Å². The van der Waals surface area contributed by atoms with Crippen molar-refractivity contribution in [2.75, 3.05) is 5.32 Å². The Balaban J connectivity index is 0.00000119. The van der Waals surface area contributed by atoms with Crippen LogP contribution in [0.1, 0.15) is 54.9 Å². The fraction of sp³-hybridized carbons (Fsp3) is 0.455. The summed E-state index contributed by atoms with van der Waals surface area (Å²) < 4.78 is 40.8. The molecule has 170 valence electrons. The van der Waals surface area contributed by atoms with Crippen LogP contribution in [0.15, 0.2) is 24.3 Å². The third kappa shape index (κ3) is 4.13. The molecule has 1 aromatic carbocycles. The highest BCUT2D eigenvalue weighted by Gasteiger charge is 2.38. The summed E-state index contributed by atoms with van der Waals surface area (Å²) in [4.78, 5) is 18.9. The van der Waals surface area contributed by atoms with Crippen LogP contribution in [0.2, 0.25) is 0 Å². The molecule has 1 aliphatic carbocycles. The molecule has 0 atom stereocenters. The zero-order valence-electron chi connectivity index (χ0n) is 18.2. The van der Waals surface area contributed by atoms with E-state index < -0.39 is 11.7 Å². The number of anilines is 1. The Hall–Kier alpha value is -3.17. The first-order chi connectivity index (χ1) is 15.3. The Morgan fingerprint density at radius 1 is 1.19 bits per heavy atom. The SMILES string of the molecule is CC.Cc1nnc2nc(NCc3cccc(C(F)(F)F)c3)c3c(n12)CN(C(=O)C1CC1)C3. The first kappa shape index (κ1) is 22.0. The standard InChI is InChI=1S/C20H19F3N6O.C2H6/c1-11-26-27-19-25-17(24-8-12-3-2-4-14(7-12)20(21,22)23)15-9-28(10-16(15)29(11)19)18(30)13-5-6-13;1-2/h2-4,7,13H,5-6,8-10H2,1H3,(H,24,25,27);1-2H3. The zero-order valence-corrected chi connectivity index (χ0v) is 18.2. The van der Waals surface area contributed by atoms with E-state index in [2.05, 4.69) is 20.5 Å². The lowest BCUT2D eigenvalue weighted by Gasteiger charge is -2.14. The Morgan fingerprint density at radius 3 is 2.62 bits per heavy atom. The predicted octanol–water partition coefficient (Wildman–Crippen LogP) is 4.34. The quantitative estimate of drug-likeness (QED) is 0.645. The molecule has 3 aromatic rings. The average molecular weight is 446 g/mol. The lowest BCUT2D eigenvalue weighted by molar-refractivity contribution is -0.137. The number of nitrogens with zero attached hydrogens (tertiary/aromatic N) is 5. The number of hydrogen-bond acceptors (Lipinski definition) is 5. The maximum Gasteiger partial charge on any atom is 0.416 e. The largest absolute Gasteiger partial charge is 0.416 e. The third-order valence-corrected chi connectivity index (χ3v) is 5.57. The van der Waals surface area contributed by atoms with Crippen LogP contribution in [0, 0.1) is 12.8 Å². The minimum atomic E-state index is -4.39. The molecule has 1 amide bonds. The molecular formula is C22H25F3N6O. The lowest BCUT2D eigenvalue weighted by Crippen LogP contribution is -2.26. The van der Waals surface area contributed by atoms with Crippen molar-refractivity contribution in [3.8, 4) is 0 Å². The third-order valence-electron chi connectivity index (χ3n) is 5.57. The van der Waals surface area contributed by atoms with Crippen LogP contribution >= 0.6 is 0 Å². The first-order valence-electron chi connectivity index (χ1n) is 10.7. The van der Waals surface area contributed by atoms with Gasteiger partial charge in [-0.1, -0.05) is 26.0 Å². The van der Waals surface area contributed by atoms with Crippen LogP contribution in [0.3, 0.4) is 0 Å². The van der Waals surface area contributed by atoms with Crippen molar-refractivity contribution in [2.45, 2.75) is 59.4 Å². The second-order valence-electron chi connectivity index (χ2n) is 7.79. The summed E-state index contributed by atoms with van der Waals surface area (Å²) in [6.07, 6.45) is -2.55. The lowest BCUT2D eigenvalue weighted by atomic mass is 10.1. The molecule has 32 heavy (non-hydrogen) atoms. The van der Waals surface area contributed by atoms with Gasteiger partial charge in [0.05, 0.1) is 24.3 Å². The predicted molar refractivity (Wildman–Crippen MR) is 113 cm³/mol. The Labute approximate surface area is 183 Å². The maximum atomic E-state index is 13.0. The molecule has 0 spiro atoms. The van der Waals surface area contributed by atoms with E-state index in [4.69, 9.17) is 0 Å². The highest BCUT2D eigenvalue weighted by atomic mass is 19.4. The van der Waals surface area contributed by atoms with E-state index in [-0.39, 0.29) is 18.4 Å². The molecule has 0 saturated heterocycles. The minimum absolute atomic E-state index is 0.103. The van der Waals surface area contributed by atoms with Crippen LogP contribution in [-0.4, -0.2) is 30.4 Å². The Kier molecular flexibility index (Phi) is 5.79. The minimum Gasteiger partial charge on any atom is -0.366 e. The van der Waals surface area contributed by atoms with Gasteiger partial charge in [-0.3, -0.25) is 9.20 Å². The number of nitrogens with one attached hydrogen (secondary N) is 1. The number of rotatable bonds is 4. The van der Waals surface area contributed by atoms with E-state index in [0.717, 1.165) is 36.2 Å². The molecule has 1 aliphatic heterocycles. The number of fused-ring (bicyclic) bond motifs is 3. The fourth-order valence-electron chi connectivity index (χ4n) is 3.87. The molecule has 7 nitrogen and oxygen atoms in total. The fourth-order valence-corrected chi connectivity index (χ4v) is 3.87. The molecule has 0 unspecified atom stereocenters. The van der Waals surface area contributed by atoms with Crippen molar-refractivity contribution < 1.29 is 18.0 Å². The number of aryl methyl sites for hydroxylation is 1. The monoisotopic (exact) mass is 446 g/mol. The summed E-state index contributed by atoms with van der Waals surface area (Å²) in [7, 11) is 0. The van der Waals surface area contributed by atoms with Gasteiger partial charge in [0.15, 0.2) is 0 Å². The van der Waals surface area contributed by atoms with E-state index >= 15 is 0 Å². The van der Waals surface area contributed by atoms with Gasteiger partial charge < -0.3 is 10.2 Å². The molecule has 3 heterocycles. The van der Waals surface area contributed by atoms with Gasteiger partial charge in [0, 0.05) is 18.0 Å². The number of carbonyl (C=O) groups excluding carboxylic acids is 1. The second-order valence-corrected chi connectivity index (χ2v) is 7.79. The topological polar surface area (TPSA) is 75.4 Å². The number of halogens is 3. The Bertz CT molecular complexity index is 1150. The molecule has 2 aromatic heterocycles. The van der Waals surface area contributed by atoms with Crippen molar-refractivity contribution >= 4 is 17.5 Å². The van der Waals surface area contributed by atoms with E-state index in [1.165, 1.54) is 6.07 Å². The summed E-state index contributed by atoms with van der Waals surface area (Å²) in [5.74, 6) is 1.84. The highest BCUT2D eigenvalue weighted by molar-refractivity contribution is 5.82. The Morgan fingerprint density at radius 2 is 1.94 bits per heavy atom. The maximum absolute atomic E-state index is 13.0. The van der Waals surface area contributed by atoms with Gasteiger partial charge in [-0.25, -0.2) is 0 Å². The normalized spacial score (nSPS) is 15.4. The number of benzene rings is 1. The smallest absolute Gasteiger partial charge is 0.366 e. The molecule has 1 N–H and O–H groups in total. The van der Waals surface area contributed by atoms with Crippen molar-refractivity contribution in [1.29, 1.82) is 0 Å². The zero-order chi connectivity index (χ0) is 23.0. The van der Waals surface area contributed by atoms with Crippen LogP contribution in [-0.2, 0) is 30.6 Å². The average Bonchev–Trinajstić information content (AvgIpc) is 3.43. The van der Waals surface area contributed by atoms with E-state index in [0.29, 0.717) is 36.1 Å². The first-order valence-corrected chi connectivity index (χ1v) is 10.7. The van der Waals surface area contributed by atoms with Gasteiger partial charge in [0.2, 0.25) is 5.91 Å². The van der Waals surface area contributed by atoms with Crippen molar-refractivity contribution in [3.05, 3.63) is 52.5 Å². The molecule has 0 radical (unpaired) electrons. The molecule has 1 saturated carbocycles. The van der Waals surface area contributed by atoms with E-state index in [1.54, 1.807) is 11.0 Å². The molecule has 2 aliphatic rings. The highest BCUT2D eigenvalue weighted by Crippen LogP contribution is 2.36. The molecule has 1 fully saturated rings. The summed E-state index contributed by atoms with van der Waals surface area (Å²) >= 11 is 0. The number of aromatic nitrogens is 4.